The third kappa shape index (κ3) is 1.88. The highest BCUT2D eigenvalue weighted by molar-refractivity contribution is 8.01. The van der Waals surface area contributed by atoms with Gasteiger partial charge in [-0.3, -0.25) is 9.59 Å². The summed E-state index contributed by atoms with van der Waals surface area (Å²) in [5.41, 5.74) is 0. The van der Waals surface area contributed by atoms with E-state index in [2.05, 4.69) is 5.32 Å². The Morgan fingerprint density at radius 3 is 2.76 bits per heavy atom. The number of hydrogen-bond acceptors (Lipinski definition) is 4. The van der Waals surface area contributed by atoms with Crippen LogP contribution >= 0.6 is 11.8 Å². The van der Waals surface area contributed by atoms with Gasteiger partial charge in [0.1, 0.15) is 6.04 Å². The molecule has 0 radical (unpaired) electrons. The van der Waals surface area contributed by atoms with Gasteiger partial charge in [0.15, 0.2) is 0 Å². The van der Waals surface area contributed by atoms with Crippen LogP contribution in [0.15, 0.2) is 0 Å². The zero-order valence-electron chi connectivity index (χ0n) is 9.60. The Kier molecular flexibility index (Phi) is 2.81. The maximum absolute atomic E-state index is 11.4. The third-order valence-electron chi connectivity index (χ3n) is 3.13. The van der Waals surface area contributed by atoms with Crippen molar-refractivity contribution in [2.75, 3.05) is 6.54 Å². The van der Waals surface area contributed by atoms with E-state index < -0.39 is 16.8 Å². The molecule has 6 nitrogen and oxygen atoms in total. The number of carbonyl (C=O) groups is 3. The first kappa shape index (κ1) is 12.2. The molecule has 2 aliphatic rings. The van der Waals surface area contributed by atoms with Crippen molar-refractivity contribution in [2.24, 2.45) is 0 Å². The summed E-state index contributed by atoms with van der Waals surface area (Å²) in [5, 5.41) is 11.8. The van der Waals surface area contributed by atoms with Crippen LogP contribution in [0.4, 0.5) is 0 Å². The van der Waals surface area contributed by atoms with Gasteiger partial charge in [0.2, 0.25) is 11.8 Å². The minimum atomic E-state index is -1.01. The van der Waals surface area contributed by atoms with Crippen LogP contribution in [0.5, 0.6) is 0 Å². The Bertz CT molecular complexity index is 400. The second kappa shape index (κ2) is 3.90. The first-order chi connectivity index (χ1) is 7.85. The summed E-state index contributed by atoms with van der Waals surface area (Å²) in [6, 6.07) is -0.856. The number of nitrogens with one attached hydrogen (secondary N) is 1. The van der Waals surface area contributed by atoms with Crippen molar-refractivity contribution in [3.8, 4) is 0 Å². The van der Waals surface area contributed by atoms with E-state index in [0.717, 1.165) is 0 Å². The molecule has 0 aromatic carbocycles. The molecule has 17 heavy (non-hydrogen) atoms. The fourth-order valence-electron chi connectivity index (χ4n) is 2.30. The standard InChI is InChI=1S/C10H14N2O4S/c1-5(13)11-4-10(2)8(9(15)16)12-6(14)3-7(12)17-10/h7-8H,3-4H2,1-2H3,(H,11,13)(H,15,16)/t7-,8+,10?/m1/s1. The van der Waals surface area contributed by atoms with Gasteiger partial charge in [-0.2, -0.15) is 0 Å². The van der Waals surface area contributed by atoms with E-state index in [4.69, 9.17) is 0 Å². The van der Waals surface area contributed by atoms with Crippen LogP contribution in [0.3, 0.4) is 0 Å². The molecule has 2 N–H and O–H groups in total. The number of β-lactam (4-membered cyclic amide) rings is 1. The fraction of sp³-hybridized carbons (Fsp3) is 0.700. The highest BCUT2D eigenvalue weighted by Crippen LogP contribution is 2.50. The Hall–Kier alpha value is -1.24. The van der Waals surface area contributed by atoms with E-state index in [0.29, 0.717) is 6.42 Å². The van der Waals surface area contributed by atoms with Crippen molar-refractivity contribution in [3.05, 3.63) is 0 Å². The van der Waals surface area contributed by atoms with E-state index in [1.165, 1.54) is 23.6 Å². The average Bonchev–Trinajstić information content (AvgIpc) is 2.45. The zero-order valence-corrected chi connectivity index (χ0v) is 10.4. The molecule has 0 aliphatic carbocycles. The van der Waals surface area contributed by atoms with Gasteiger partial charge in [-0.1, -0.05) is 0 Å². The van der Waals surface area contributed by atoms with Gasteiger partial charge < -0.3 is 15.3 Å². The molecule has 0 spiro atoms. The molecule has 2 fully saturated rings. The molecule has 2 saturated heterocycles. The lowest BCUT2D eigenvalue weighted by molar-refractivity contribution is -0.157. The van der Waals surface area contributed by atoms with Gasteiger partial charge >= 0.3 is 5.97 Å². The SMILES string of the molecule is CC(=O)NCC1(C)S[C@@H]2CC(=O)N2[C@H]1C(=O)O. The summed E-state index contributed by atoms with van der Waals surface area (Å²) in [6.07, 6.45) is 0.393. The van der Waals surface area contributed by atoms with E-state index in [-0.39, 0.29) is 23.7 Å². The van der Waals surface area contributed by atoms with Crippen LogP contribution < -0.4 is 5.32 Å². The number of fused-ring (bicyclic) bond motifs is 1. The second-order valence-corrected chi connectivity index (χ2v) is 6.25. The predicted octanol–water partition coefficient (Wildman–Crippen LogP) is -0.360. The molecular weight excluding hydrogens is 244 g/mol. The van der Waals surface area contributed by atoms with Crippen molar-refractivity contribution in [3.63, 3.8) is 0 Å². The molecular formula is C10H14N2O4S. The fourth-order valence-corrected chi connectivity index (χ4v) is 4.00. The highest BCUT2D eigenvalue weighted by atomic mass is 32.2. The summed E-state index contributed by atoms with van der Waals surface area (Å²) in [4.78, 5) is 35.0. The van der Waals surface area contributed by atoms with E-state index in [9.17, 15) is 19.5 Å². The molecule has 0 saturated carbocycles. The molecule has 2 heterocycles. The quantitative estimate of drug-likeness (QED) is 0.675. The van der Waals surface area contributed by atoms with Gasteiger partial charge in [-0.05, 0) is 6.92 Å². The molecule has 0 aromatic rings. The van der Waals surface area contributed by atoms with Crippen molar-refractivity contribution in [1.29, 1.82) is 0 Å². The lowest BCUT2D eigenvalue weighted by atomic mass is 9.96. The Labute approximate surface area is 103 Å². The summed E-state index contributed by atoms with van der Waals surface area (Å²) >= 11 is 1.45. The van der Waals surface area contributed by atoms with Crippen LogP contribution in [-0.4, -0.2) is 50.5 Å². The number of carboxylic acids is 1. The summed E-state index contributed by atoms with van der Waals surface area (Å²) < 4.78 is -0.658. The Balaban J connectivity index is 2.18. The minimum absolute atomic E-state index is 0.0534. The van der Waals surface area contributed by atoms with Gasteiger partial charge in [0, 0.05) is 13.5 Å². The van der Waals surface area contributed by atoms with Crippen molar-refractivity contribution >= 4 is 29.5 Å². The summed E-state index contributed by atoms with van der Waals surface area (Å²) in [6.45, 7) is 3.42. The van der Waals surface area contributed by atoms with Gasteiger partial charge in [-0.15, -0.1) is 11.8 Å². The molecule has 7 heteroatoms. The number of amides is 2. The smallest absolute Gasteiger partial charge is 0.327 e. The molecule has 94 valence electrons. The topological polar surface area (TPSA) is 86.7 Å². The normalized spacial score (nSPS) is 35.2. The van der Waals surface area contributed by atoms with Gasteiger partial charge in [0.05, 0.1) is 16.5 Å². The van der Waals surface area contributed by atoms with Crippen LogP contribution in [0, 0.1) is 0 Å². The first-order valence-corrected chi connectivity index (χ1v) is 6.19. The second-order valence-electron chi connectivity index (χ2n) is 4.54. The number of carbonyl (C=O) groups excluding carboxylic acids is 2. The average molecular weight is 258 g/mol. The number of rotatable bonds is 3. The summed E-state index contributed by atoms with van der Waals surface area (Å²) in [7, 11) is 0. The maximum Gasteiger partial charge on any atom is 0.327 e. The van der Waals surface area contributed by atoms with Gasteiger partial charge in [-0.25, -0.2) is 4.79 Å². The monoisotopic (exact) mass is 258 g/mol. The lowest BCUT2D eigenvalue weighted by Crippen LogP contribution is -2.59. The summed E-state index contributed by atoms with van der Waals surface area (Å²) in [5.74, 6) is -1.33. The van der Waals surface area contributed by atoms with Gasteiger partial charge in [0.25, 0.3) is 0 Å². The third-order valence-corrected chi connectivity index (χ3v) is 4.70. The van der Waals surface area contributed by atoms with E-state index >= 15 is 0 Å². The number of thioether (sulfide) groups is 1. The number of nitrogens with zero attached hydrogens (tertiary/aromatic N) is 1. The predicted molar refractivity (Wildman–Crippen MR) is 61.4 cm³/mol. The van der Waals surface area contributed by atoms with Crippen LogP contribution in [0.2, 0.25) is 0 Å². The number of hydrogen-bond donors (Lipinski definition) is 2. The molecule has 2 amide bonds. The molecule has 0 bridgehead atoms. The number of aliphatic carboxylic acids is 1. The van der Waals surface area contributed by atoms with Crippen LogP contribution in [0.1, 0.15) is 20.3 Å². The van der Waals surface area contributed by atoms with E-state index in [1.54, 1.807) is 6.92 Å². The molecule has 3 atom stereocenters. The van der Waals surface area contributed by atoms with E-state index in [1.807, 2.05) is 0 Å². The molecule has 0 aromatic heterocycles. The number of carboxylic acid groups (broad SMARTS) is 1. The largest absolute Gasteiger partial charge is 0.480 e. The van der Waals surface area contributed by atoms with Crippen molar-refractivity contribution < 1.29 is 19.5 Å². The van der Waals surface area contributed by atoms with Crippen LogP contribution in [-0.2, 0) is 14.4 Å². The first-order valence-electron chi connectivity index (χ1n) is 5.31. The van der Waals surface area contributed by atoms with Crippen molar-refractivity contribution in [1.82, 2.24) is 10.2 Å². The molecule has 2 aliphatic heterocycles. The Morgan fingerprint density at radius 2 is 2.29 bits per heavy atom. The highest BCUT2D eigenvalue weighted by Gasteiger charge is 2.60. The maximum atomic E-state index is 11.4. The molecule has 2 rings (SSSR count). The molecule has 1 unspecified atom stereocenters. The van der Waals surface area contributed by atoms with Crippen LogP contribution in [0.25, 0.3) is 0 Å². The zero-order chi connectivity index (χ0) is 12.8. The minimum Gasteiger partial charge on any atom is -0.480 e. The Morgan fingerprint density at radius 1 is 1.65 bits per heavy atom. The van der Waals surface area contributed by atoms with Crippen molar-refractivity contribution in [2.45, 2.75) is 36.4 Å². The lowest BCUT2D eigenvalue weighted by Gasteiger charge is -2.36.